The Hall–Kier alpha value is -0.540. The number of hydrogen-bond donors (Lipinski definition) is 0. The fraction of sp³-hybridized carbons (Fsp3) is 0.833. The molecule has 0 bridgehead atoms. The maximum atomic E-state index is 11.7. The summed E-state index contributed by atoms with van der Waals surface area (Å²) in [5, 5.41) is 0. The molecule has 1 fully saturated rings. The number of hydrogen-bond acceptors (Lipinski definition) is 1. The van der Waals surface area contributed by atoms with Crippen molar-refractivity contribution in [1.82, 2.24) is 0 Å². The Morgan fingerprint density at radius 3 is 2.10 bits per heavy atom. The molecule has 58 valence electrons. The molecule has 0 aromatic carbocycles. The summed E-state index contributed by atoms with van der Waals surface area (Å²) < 4.78 is 35.1. The summed E-state index contributed by atoms with van der Waals surface area (Å²) in [6, 6.07) is 0. The van der Waals surface area contributed by atoms with E-state index in [0.717, 1.165) is 0 Å². The van der Waals surface area contributed by atoms with Crippen LogP contribution in [-0.4, -0.2) is 12.5 Å². The molecule has 0 radical (unpaired) electrons. The fourth-order valence-electron chi connectivity index (χ4n) is 1.04. The molecule has 0 spiro atoms. The van der Waals surface area contributed by atoms with Crippen molar-refractivity contribution in [2.75, 3.05) is 0 Å². The van der Waals surface area contributed by atoms with Crippen LogP contribution in [0, 0.1) is 11.8 Å². The molecule has 0 saturated heterocycles. The van der Waals surface area contributed by atoms with Crippen molar-refractivity contribution in [1.29, 1.82) is 0 Å². The van der Waals surface area contributed by atoms with Gasteiger partial charge in [-0.3, -0.25) is 0 Å². The molecule has 0 unspecified atom stereocenters. The minimum atomic E-state index is -4.08. The van der Waals surface area contributed by atoms with Gasteiger partial charge in [-0.1, -0.05) is 0 Å². The summed E-state index contributed by atoms with van der Waals surface area (Å²) in [4.78, 5) is 9.89. The normalized spacial score (nSPS) is 33.1. The van der Waals surface area contributed by atoms with Gasteiger partial charge in [-0.05, 0) is 12.8 Å². The van der Waals surface area contributed by atoms with E-state index in [2.05, 4.69) is 0 Å². The Balaban J connectivity index is 2.32. The van der Waals surface area contributed by atoms with Gasteiger partial charge in [-0.25, -0.2) is 0 Å². The summed E-state index contributed by atoms with van der Waals surface area (Å²) in [6.45, 7) is 0. The molecule has 0 heterocycles. The lowest BCUT2D eigenvalue weighted by Gasteiger charge is -2.32. The average molecular weight is 152 g/mol. The molecule has 0 amide bonds. The van der Waals surface area contributed by atoms with Gasteiger partial charge in [-0.15, -0.1) is 0 Å². The van der Waals surface area contributed by atoms with Crippen molar-refractivity contribution in [2.24, 2.45) is 11.8 Å². The van der Waals surface area contributed by atoms with Gasteiger partial charge in [0.2, 0.25) is 0 Å². The zero-order chi connectivity index (χ0) is 7.78. The summed E-state index contributed by atoms with van der Waals surface area (Å²) in [6.07, 6.45) is -3.50. The van der Waals surface area contributed by atoms with Crippen molar-refractivity contribution in [3.63, 3.8) is 0 Å². The highest BCUT2D eigenvalue weighted by atomic mass is 19.4. The van der Waals surface area contributed by atoms with E-state index in [0.29, 0.717) is 6.29 Å². The zero-order valence-corrected chi connectivity index (χ0v) is 5.19. The summed E-state index contributed by atoms with van der Waals surface area (Å²) >= 11 is 0. The second-order valence-corrected chi connectivity index (χ2v) is 2.61. The molecule has 0 aliphatic heterocycles. The summed E-state index contributed by atoms with van der Waals surface area (Å²) in [5.74, 6) is -1.56. The van der Waals surface area contributed by atoms with Crippen LogP contribution in [0.25, 0.3) is 0 Å². The van der Waals surface area contributed by atoms with Crippen molar-refractivity contribution in [3.05, 3.63) is 0 Å². The van der Waals surface area contributed by atoms with Crippen LogP contribution in [0.5, 0.6) is 0 Å². The van der Waals surface area contributed by atoms with Crippen LogP contribution in [0.15, 0.2) is 0 Å². The third kappa shape index (κ3) is 1.30. The minimum absolute atomic E-state index is 0.00694. The standard InChI is InChI=1S/C6H7F3O/c7-6(8,9)5-1-4(2-5)3-10/h3-5H,1-2H2/t4-,5-. The molecule has 1 saturated carbocycles. The molecule has 0 aromatic rings. The van der Waals surface area contributed by atoms with Crippen LogP contribution >= 0.6 is 0 Å². The first-order chi connectivity index (χ1) is 4.54. The predicted molar refractivity (Wildman–Crippen MR) is 28.3 cm³/mol. The number of rotatable bonds is 1. The van der Waals surface area contributed by atoms with Crippen LogP contribution in [0.2, 0.25) is 0 Å². The van der Waals surface area contributed by atoms with E-state index >= 15 is 0 Å². The second kappa shape index (κ2) is 2.25. The van der Waals surface area contributed by atoms with Gasteiger partial charge in [0, 0.05) is 5.92 Å². The van der Waals surface area contributed by atoms with Crippen LogP contribution in [0.1, 0.15) is 12.8 Å². The monoisotopic (exact) mass is 152 g/mol. The Morgan fingerprint density at radius 2 is 1.80 bits per heavy atom. The Morgan fingerprint density at radius 1 is 1.30 bits per heavy atom. The number of alkyl halides is 3. The van der Waals surface area contributed by atoms with E-state index in [1.165, 1.54) is 0 Å². The predicted octanol–water partition coefficient (Wildman–Crippen LogP) is 1.77. The molecular weight excluding hydrogens is 145 g/mol. The van der Waals surface area contributed by atoms with Gasteiger partial charge in [0.25, 0.3) is 0 Å². The van der Waals surface area contributed by atoms with Gasteiger partial charge in [0.1, 0.15) is 6.29 Å². The average Bonchev–Trinajstić information content (AvgIpc) is 1.57. The van der Waals surface area contributed by atoms with E-state index in [4.69, 9.17) is 0 Å². The van der Waals surface area contributed by atoms with E-state index in [1.54, 1.807) is 0 Å². The van der Waals surface area contributed by atoms with Gasteiger partial charge in [0.15, 0.2) is 0 Å². The molecule has 1 rings (SSSR count). The van der Waals surface area contributed by atoms with Crippen molar-refractivity contribution in [3.8, 4) is 0 Å². The molecule has 1 aliphatic rings. The van der Waals surface area contributed by atoms with Gasteiger partial charge in [-0.2, -0.15) is 13.2 Å². The molecule has 0 aromatic heterocycles. The number of carbonyl (C=O) groups excluding carboxylic acids is 1. The zero-order valence-electron chi connectivity index (χ0n) is 5.19. The van der Waals surface area contributed by atoms with Crippen molar-refractivity contribution < 1.29 is 18.0 Å². The maximum absolute atomic E-state index is 11.7. The lowest BCUT2D eigenvalue weighted by molar-refractivity contribution is -0.202. The third-order valence-electron chi connectivity index (χ3n) is 1.83. The maximum Gasteiger partial charge on any atom is 0.391 e. The second-order valence-electron chi connectivity index (χ2n) is 2.61. The van der Waals surface area contributed by atoms with Crippen LogP contribution < -0.4 is 0 Å². The third-order valence-corrected chi connectivity index (χ3v) is 1.83. The van der Waals surface area contributed by atoms with Gasteiger partial charge in [0.05, 0.1) is 5.92 Å². The van der Waals surface area contributed by atoms with E-state index in [9.17, 15) is 18.0 Å². The largest absolute Gasteiger partial charge is 0.391 e. The van der Waals surface area contributed by atoms with E-state index in [-0.39, 0.29) is 18.8 Å². The minimum Gasteiger partial charge on any atom is -0.303 e. The molecule has 10 heavy (non-hydrogen) atoms. The van der Waals surface area contributed by atoms with Crippen LogP contribution in [-0.2, 0) is 4.79 Å². The molecule has 0 N–H and O–H groups in total. The van der Waals surface area contributed by atoms with Crippen molar-refractivity contribution >= 4 is 6.29 Å². The molecular formula is C6H7F3O. The van der Waals surface area contributed by atoms with E-state index in [1.807, 2.05) is 0 Å². The molecule has 0 atom stereocenters. The SMILES string of the molecule is O=C[C@H]1C[C@H](C(F)(F)F)C1. The Bertz CT molecular complexity index is 134. The van der Waals surface area contributed by atoms with Gasteiger partial charge < -0.3 is 4.79 Å². The highest BCUT2D eigenvalue weighted by molar-refractivity contribution is 5.55. The first-order valence-electron chi connectivity index (χ1n) is 3.06. The Kier molecular flexibility index (Phi) is 1.70. The first-order valence-corrected chi connectivity index (χ1v) is 3.06. The number of halogens is 3. The highest BCUT2D eigenvalue weighted by Crippen LogP contribution is 2.43. The van der Waals surface area contributed by atoms with Crippen LogP contribution in [0.4, 0.5) is 13.2 Å². The van der Waals surface area contributed by atoms with E-state index < -0.39 is 12.1 Å². The fourth-order valence-corrected chi connectivity index (χ4v) is 1.04. The topological polar surface area (TPSA) is 17.1 Å². The number of aldehydes is 1. The summed E-state index contributed by atoms with van der Waals surface area (Å²) in [5.41, 5.74) is 0. The van der Waals surface area contributed by atoms with Gasteiger partial charge >= 0.3 is 6.18 Å². The lowest BCUT2D eigenvalue weighted by Crippen LogP contribution is -2.36. The lowest BCUT2D eigenvalue weighted by atomic mass is 9.75. The highest BCUT2D eigenvalue weighted by Gasteiger charge is 2.47. The molecule has 4 heteroatoms. The first kappa shape index (κ1) is 7.57. The summed E-state index contributed by atoms with van der Waals surface area (Å²) in [7, 11) is 0. The smallest absolute Gasteiger partial charge is 0.303 e. The van der Waals surface area contributed by atoms with Crippen molar-refractivity contribution in [2.45, 2.75) is 19.0 Å². The molecule has 1 nitrogen and oxygen atoms in total. The van der Waals surface area contributed by atoms with Crippen LogP contribution in [0.3, 0.4) is 0 Å². The number of carbonyl (C=O) groups is 1. The Labute approximate surface area is 56.2 Å². The molecule has 1 aliphatic carbocycles. The quantitative estimate of drug-likeness (QED) is 0.523.